The number of hydrogen-bond donors (Lipinski definition) is 1. The van der Waals surface area contributed by atoms with Gasteiger partial charge in [-0.3, -0.25) is 4.79 Å². The van der Waals surface area contributed by atoms with E-state index in [1.165, 1.54) is 4.88 Å². The van der Waals surface area contributed by atoms with E-state index in [-0.39, 0.29) is 17.1 Å². The average molecular weight is 257 g/mol. The quantitative estimate of drug-likeness (QED) is 0.804. The first-order valence-corrected chi connectivity index (χ1v) is 6.95. The van der Waals surface area contributed by atoms with Crippen molar-refractivity contribution in [3.8, 4) is 0 Å². The normalized spacial score (nSPS) is 12.8. The van der Waals surface area contributed by atoms with E-state index in [1.807, 2.05) is 37.1 Å². The molecule has 0 spiro atoms. The van der Waals surface area contributed by atoms with Crippen molar-refractivity contribution in [1.29, 1.82) is 0 Å². The van der Waals surface area contributed by atoms with Crippen LogP contribution in [0.4, 0.5) is 0 Å². The molecule has 1 rings (SSSR count). The molecule has 1 aromatic heterocycles. The van der Waals surface area contributed by atoms with Gasteiger partial charge in [0, 0.05) is 11.4 Å². The van der Waals surface area contributed by atoms with Crippen molar-refractivity contribution in [3.05, 3.63) is 22.4 Å². The summed E-state index contributed by atoms with van der Waals surface area (Å²) in [5.74, 6) is 0.405. The fraction of sp³-hybridized carbons (Fsp3) is 0.583. The molecular weight excluding hydrogens is 238 g/mol. The first-order chi connectivity index (χ1) is 7.56. The third-order valence-corrected chi connectivity index (χ3v) is 4.18. The molecule has 0 aliphatic heterocycles. The van der Waals surface area contributed by atoms with Gasteiger partial charge >= 0.3 is 0 Å². The van der Waals surface area contributed by atoms with Crippen LogP contribution in [0, 0.1) is 5.92 Å². The zero-order chi connectivity index (χ0) is 12.1. The maximum atomic E-state index is 12.1. The smallest absolute Gasteiger partial charge is 0.236 e. The monoisotopic (exact) mass is 257 g/mol. The van der Waals surface area contributed by atoms with Crippen LogP contribution in [0.5, 0.6) is 0 Å². The van der Waals surface area contributed by atoms with E-state index in [2.05, 4.69) is 18.7 Å². The largest absolute Gasteiger partial charge is 0.337 e. The second-order valence-electron chi connectivity index (χ2n) is 4.12. The number of carbonyl (C=O) groups excluding carboxylic acids is 1. The molecule has 0 aromatic carbocycles. The molecule has 0 aliphatic rings. The highest BCUT2D eigenvalue weighted by Gasteiger charge is 2.22. The number of rotatable bonds is 5. The minimum atomic E-state index is -0.195. The number of nitrogens with zero attached hydrogens (tertiary/aromatic N) is 1. The molecule has 0 saturated carbocycles. The lowest BCUT2D eigenvalue weighted by Crippen LogP contribution is -2.38. The molecule has 0 aliphatic carbocycles. The highest BCUT2D eigenvalue weighted by molar-refractivity contribution is 7.81. The van der Waals surface area contributed by atoms with Crippen LogP contribution in [0.25, 0.3) is 0 Å². The van der Waals surface area contributed by atoms with Crippen molar-refractivity contribution in [3.63, 3.8) is 0 Å². The van der Waals surface area contributed by atoms with Crippen LogP contribution >= 0.6 is 24.0 Å². The Morgan fingerprint density at radius 1 is 1.56 bits per heavy atom. The van der Waals surface area contributed by atoms with Gasteiger partial charge in [0.25, 0.3) is 0 Å². The van der Waals surface area contributed by atoms with Gasteiger partial charge in [0.2, 0.25) is 5.91 Å². The van der Waals surface area contributed by atoms with Crippen LogP contribution in [-0.2, 0) is 11.3 Å². The van der Waals surface area contributed by atoms with Gasteiger partial charge in [0.1, 0.15) is 0 Å². The number of thiol groups is 1. The summed E-state index contributed by atoms with van der Waals surface area (Å²) in [6, 6.07) is 4.07. The molecular formula is C12H19NOS2. The minimum Gasteiger partial charge on any atom is -0.337 e. The Balaban J connectivity index is 2.64. The van der Waals surface area contributed by atoms with E-state index in [4.69, 9.17) is 0 Å². The molecule has 1 amide bonds. The van der Waals surface area contributed by atoms with Crippen molar-refractivity contribution in [2.45, 2.75) is 32.6 Å². The van der Waals surface area contributed by atoms with E-state index in [0.717, 1.165) is 6.54 Å². The molecule has 0 N–H and O–H groups in total. The lowest BCUT2D eigenvalue weighted by molar-refractivity contribution is -0.131. The number of amides is 1. The lowest BCUT2D eigenvalue weighted by atomic mass is 10.1. The standard InChI is InChI=1S/C12H19NOS2/c1-4-13(8-10-6-5-7-16-10)12(14)11(15)9(2)3/h5-7,9,11,15H,4,8H2,1-3H3. The van der Waals surface area contributed by atoms with Crippen LogP contribution in [0.3, 0.4) is 0 Å². The Bertz CT molecular complexity index is 322. The minimum absolute atomic E-state index is 0.134. The average Bonchev–Trinajstić information content (AvgIpc) is 2.76. The summed E-state index contributed by atoms with van der Waals surface area (Å²) >= 11 is 6.06. The first kappa shape index (κ1) is 13.6. The Hall–Kier alpha value is -0.480. The number of hydrogen-bond acceptors (Lipinski definition) is 3. The summed E-state index contributed by atoms with van der Waals surface area (Å²) in [7, 11) is 0. The van der Waals surface area contributed by atoms with Crippen molar-refractivity contribution >= 4 is 29.9 Å². The Labute approximate surface area is 107 Å². The number of thiophene rings is 1. The third-order valence-electron chi connectivity index (χ3n) is 2.50. The van der Waals surface area contributed by atoms with E-state index in [0.29, 0.717) is 6.54 Å². The van der Waals surface area contributed by atoms with Crippen molar-refractivity contribution in [2.75, 3.05) is 6.54 Å². The van der Waals surface area contributed by atoms with Crippen molar-refractivity contribution < 1.29 is 4.79 Å². The maximum Gasteiger partial charge on any atom is 0.236 e. The van der Waals surface area contributed by atoms with Gasteiger partial charge in [-0.05, 0) is 24.3 Å². The third kappa shape index (κ3) is 3.52. The van der Waals surface area contributed by atoms with Crippen LogP contribution < -0.4 is 0 Å². The highest BCUT2D eigenvalue weighted by Crippen LogP contribution is 2.16. The molecule has 1 atom stereocenters. The lowest BCUT2D eigenvalue weighted by Gasteiger charge is -2.25. The molecule has 0 bridgehead atoms. The molecule has 1 aromatic rings. The Morgan fingerprint density at radius 3 is 2.69 bits per heavy atom. The van der Waals surface area contributed by atoms with Crippen molar-refractivity contribution in [1.82, 2.24) is 4.90 Å². The highest BCUT2D eigenvalue weighted by atomic mass is 32.1. The molecule has 16 heavy (non-hydrogen) atoms. The van der Waals surface area contributed by atoms with Gasteiger partial charge in [0.15, 0.2) is 0 Å². The summed E-state index contributed by atoms with van der Waals surface area (Å²) in [6.45, 7) is 7.49. The second kappa shape index (κ2) is 6.30. The summed E-state index contributed by atoms with van der Waals surface area (Å²) in [5.41, 5.74) is 0. The molecule has 2 nitrogen and oxygen atoms in total. The molecule has 0 fully saturated rings. The van der Waals surface area contributed by atoms with Crippen molar-refractivity contribution in [2.24, 2.45) is 5.92 Å². The molecule has 1 heterocycles. The van der Waals surface area contributed by atoms with Crippen LogP contribution in [0.2, 0.25) is 0 Å². The van der Waals surface area contributed by atoms with Gasteiger partial charge in [0.05, 0.1) is 11.8 Å². The van der Waals surface area contributed by atoms with Crippen LogP contribution in [0.15, 0.2) is 17.5 Å². The second-order valence-corrected chi connectivity index (χ2v) is 5.71. The zero-order valence-electron chi connectivity index (χ0n) is 10.0. The predicted octanol–water partition coefficient (Wildman–Crippen LogP) is 3.05. The SMILES string of the molecule is CCN(Cc1cccs1)C(=O)C(S)C(C)C. The van der Waals surface area contributed by atoms with Gasteiger partial charge in [-0.25, -0.2) is 0 Å². The fourth-order valence-corrected chi connectivity index (χ4v) is 2.29. The predicted molar refractivity (Wildman–Crippen MR) is 73.0 cm³/mol. The van der Waals surface area contributed by atoms with Crippen LogP contribution in [-0.4, -0.2) is 22.6 Å². The van der Waals surface area contributed by atoms with Gasteiger partial charge in [-0.2, -0.15) is 12.6 Å². The van der Waals surface area contributed by atoms with Crippen LogP contribution in [0.1, 0.15) is 25.6 Å². The fourth-order valence-electron chi connectivity index (χ4n) is 1.41. The first-order valence-electron chi connectivity index (χ1n) is 5.55. The summed E-state index contributed by atoms with van der Waals surface area (Å²) in [6.07, 6.45) is 0. The van der Waals surface area contributed by atoms with Gasteiger partial charge in [-0.15, -0.1) is 11.3 Å². The summed E-state index contributed by atoms with van der Waals surface area (Å²) in [4.78, 5) is 15.2. The van der Waals surface area contributed by atoms with E-state index in [9.17, 15) is 4.79 Å². The summed E-state index contributed by atoms with van der Waals surface area (Å²) in [5, 5.41) is 1.84. The van der Waals surface area contributed by atoms with E-state index < -0.39 is 0 Å². The molecule has 90 valence electrons. The Kier molecular flexibility index (Phi) is 5.35. The van der Waals surface area contributed by atoms with Gasteiger partial charge < -0.3 is 4.90 Å². The molecule has 4 heteroatoms. The van der Waals surface area contributed by atoms with E-state index >= 15 is 0 Å². The molecule has 0 radical (unpaired) electrons. The topological polar surface area (TPSA) is 20.3 Å². The zero-order valence-corrected chi connectivity index (χ0v) is 11.7. The van der Waals surface area contributed by atoms with E-state index in [1.54, 1.807) is 11.3 Å². The molecule has 0 saturated heterocycles. The maximum absolute atomic E-state index is 12.1. The molecule has 1 unspecified atom stereocenters. The summed E-state index contributed by atoms with van der Waals surface area (Å²) < 4.78 is 0. The number of carbonyl (C=O) groups is 1. The van der Waals surface area contributed by atoms with Gasteiger partial charge in [-0.1, -0.05) is 19.9 Å². The Morgan fingerprint density at radius 2 is 2.25 bits per heavy atom.